The summed E-state index contributed by atoms with van der Waals surface area (Å²) in [4.78, 5) is 2.28. The number of fused-ring (bicyclic) bond motifs is 1. The third-order valence-corrected chi connectivity index (χ3v) is 5.42. The number of rotatable bonds is 6. The van der Waals surface area contributed by atoms with Crippen molar-refractivity contribution in [2.24, 2.45) is 11.3 Å². The molecule has 2 fully saturated rings. The van der Waals surface area contributed by atoms with Crippen LogP contribution in [0.5, 0.6) is 11.5 Å². The van der Waals surface area contributed by atoms with E-state index in [1.165, 1.54) is 19.2 Å². The average Bonchev–Trinajstić information content (AvgIpc) is 3.17. The summed E-state index contributed by atoms with van der Waals surface area (Å²) in [5.74, 6) is -1.00. The van der Waals surface area contributed by atoms with Gasteiger partial charge in [-0.2, -0.15) is 0 Å². The second kappa shape index (κ2) is 6.50. The lowest BCUT2D eigenvalue weighted by atomic mass is 10.1. The lowest BCUT2D eigenvalue weighted by molar-refractivity contribution is 0.199. The van der Waals surface area contributed by atoms with Gasteiger partial charge in [0, 0.05) is 31.1 Å². The first kappa shape index (κ1) is 17.2. The number of ether oxygens (including phenoxy) is 2. The topological polar surface area (TPSA) is 21.7 Å². The van der Waals surface area contributed by atoms with E-state index >= 15 is 0 Å². The molecule has 0 aromatic heterocycles. The Kier molecular flexibility index (Phi) is 4.31. The average molecular weight is 363 g/mol. The van der Waals surface area contributed by atoms with Crippen molar-refractivity contribution >= 4 is 0 Å². The van der Waals surface area contributed by atoms with Crippen LogP contribution in [0.1, 0.15) is 12.0 Å². The summed E-state index contributed by atoms with van der Waals surface area (Å²) < 4.78 is 50.7. The fourth-order valence-corrected chi connectivity index (χ4v) is 3.91. The van der Waals surface area contributed by atoms with E-state index in [0.717, 1.165) is 37.2 Å². The minimum Gasteiger partial charge on any atom is -0.494 e. The van der Waals surface area contributed by atoms with Crippen molar-refractivity contribution in [1.29, 1.82) is 0 Å². The standard InChI is InChI=1S/C20H20F3NO2/c1-25-19-5-2-13(6-18(19)23)9-24-10-14-8-20(14,11-24)12-26-15-3-4-16(21)17(22)7-15/h2-7,14H,8-12H2,1H3. The van der Waals surface area contributed by atoms with Crippen molar-refractivity contribution in [3.63, 3.8) is 0 Å². The van der Waals surface area contributed by atoms with E-state index in [0.29, 0.717) is 24.8 Å². The first-order chi connectivity index (χ1) is 12.5. The molecule has 1 saturated carbocycles. The van der Waals surface area contributed by atoms with Crippen molar-refractivity contribution < 1.29 is 22.6 Å². The van der Waals surface area contributed by atoms with Crippen molar-refractivity contribution in [2.75, 3.05) is 26.8 Å². The molecule has 2 aliphatic rings. The van der Waals surface area contributed by atoms with Crippen LogP contribution in [0.2, 0.25) is 0 Å². The van der Waals surface area contributed by atoms with Gasteiger partial charge in [-0.05, 0) is 42.2 Å². The molecule has 1 saturated heterocycles. The molecule has 0 radical (unpaired) electrons. The Hall–Kier alpha value is -2.21. The monoisotopic (exact) mass is 363 g/mol. The summed E-state index contributed by atoms with van der Waals surface area (Å²) in [7, 11) is 1.45. The highest BCUT2D eigenvalue weighted by Crippen LogP contribution is 2.58. The molecular formula is C20H20F3NO2. The third kappa shape index (κ3) is 3.26. The van der Waals surface area contributed by atoms with E-state index in [1.54, 1.807) is 6.07 Å². The lowest BCUT2D eigenvalue weighted by Crippen LogP contribution is -2.27. The Morgan fingerprint density at radius 1 is 1.08 bits per heavy atom. The molecule has 1 aliphatic carbocycles. The summed E-state index contributed by atoms with van der Waals surface area (Å²) in [6.45, 7) is 2.95. The zero-order chi connectivity index (χ0) is 18.3. The number of methoxy groups -OCH3 is 1. The molecule has 1 aliphatic heterocycles. The molecule has 2 aromatic carbocycles. The maximum Gasteiger partial charge on any atom is 0.165 e. The van der Waals surface area contributed by atoms with E-state index in [2.05, 4.69) is 4.90 Å². The third-order valence-electron chi connectivity index (χ3n) is 5.42. The first-order valence-corrected chi connectivity index (χ1v) is 8.62. The predicted octanol–water partition coefficient (Wildman–Crippen LogP) is 4.01. The number of nitrogens with zero attached hydrogens (tertiary/aromatic N) is 1. The Morgan fingerprint density at radius 2 is 1.92 bits per heavy atom. The lowest BCUT2D eigenvalue weighted by Gasteiger charge is -2.21. The number of hydrogen-bond acceptors (Lipinski definition) is 3. The number of halogens is 3. The molecule has 0 amide bonds. The van der Waals surface area contributed by atoms with Gasteiger partial charge in [-0.3, -0.25) is 4.90 Å². The Morgan fingerprint density at radius 3 is 2.65 bits per heavy atom. The molecule has 2 atom stereocenters. The molecule has 2 aromatic rings. The van der Waals surface area contributed by atoms with Crippen LogP contribution < -0.4 is 9.47 Å². The molecule has 4 rings (SSSR count). The molecule has 6 heteroatoms. The van der Waals surface area contributed by atoms with Gasteiger partial charge in [0.15, 0.2) is 23.2 Å². The normalized spacial score (nSPS) is 24.4. The summed E-state index contributed by atoms with van der Waals surface area (Å²) in [6.07, 6.45) is 1.07. The van der Waals surface area contributed by atoms with Crippen LogP contribution >= 0.6 is 0 Å². The SMILES string of the molecule is COc1ccc(CN2CC3CC3(COc3ccc(F)c(F)c3)C2)cc1F. The molecule has 0 spiro atoms. The van der Waals surface area contributed by atoms with Crippen LogP contribution in [-0.4, -0.2) is 31.7 Å². The Labute approximate surface area is 150 Å². The van der Waals surface area contributed by atoms with E-state index in [9.17, 15) is 13.2 Å². The molecule has 0 N–H and O–H groups in total. The van der Waals surface area contributed by atoms with Crippen LogP contribution in [0.4, 0.5) is 13.2 Å². The number of likely N-dealkylation sites (tertiary alicyclic amines) is 1. The predicted molar refractivity (Wildman–Crippen MR) is 90.6 cm³/mol. The Bertz CT molecular complexity index is 829. The maximum absolute atomic E-state index is 13.8. The second-order valence-corrected chi connectivity index (χ2v) is 7.27. The van der Waals surface area contributed by atoms with Gasteiger partial charge in [0.2, 0.25) is 0 Å². The molecule has 3 nitrogen and oxygen atoms in total. The van der Waals surface area contributed by atoms with Gasteiger partial charge in [0.1, 0.15) is 5.75 Å². The number of hydrogen-bond donors (Lipinski definition) is 0. The highest BCUT2D eigenvalue weighted by Gasteiger charge is 2.60. The van der Waals surface area contributed by atoms with Gasteiger partial charge in [-0.25, -0.2) is 13.2 Å². The molecule has 26 heavy (non-hydrogen) atoms. The van der Waals surface area contributed by atoms with Crippen LogP contribution in [0.25, 0.3) is 0 Å². The Balaban J connectivity index is 1.35. The van der Waals surface area contributed by atoms with Crippen molar-refractivity contribution in [3.8, 4) is 11.5 Å². The van der Waals surface area contributed by atoms with Gasteiger partial charge >= 0.3 is 0 Å². The van der Waals surface area contributed by atoms with Crippen molar-refractivity contribution in [3.05, 3.63) is 59.4 Å². The summed E-state index contributed by atoms with van der Waals surface area (Å²) >= 11 is 0. The smallest absolute Gasteiger partial charge is 0.165 e. The first-order valence-electron chi connectivity index (χ1n) is 8.62. The quantitative estimate of drug-likeness (QED) is 0.774. The molecule has 0 bridgehead atoms. The largest absolute Gasteiger partial charge is 0.494 e. The molecule has 2 unspecified atom stereocenters. The van der Waals surface area contributed by atoms with Gasteiger partial charge in [0.05, 0.1) is 13.7 Å². The highest BCUT2D eigenvalue weighted by atomic mass is 19.2. The van der Waals surface area contributed by atoms with E-state index < -0.39 is 11.6 Å². The fraction of sp³-hybridized carbons (Fsp3) is 0.400. The van der Waals surface area contributed by atoms with Crippen LogP contribution in [0.3, 0.4) is 0 Å². The summed E-state index contributed by atoms with van der Waals surface area (Å²) in [6, 6.07) is 8.62. The van der Waals surface area contributed by atoms with E-state index in [1.807, 2.05) is 6.07 Å². The van der Waals surface area contributed by atoms with Crippen LogP contribution in [-0.2, 0) is 6.54 Å². The van der Waals surface area contributed by atoms with Gasteiger partial charge in [0.25, 0.3) is 0 Å². The van der Waals surface area contributed by atoms with Gasteiger partial charge < -0.3 is 9.47 Å². The van der Waals surface area contributed by atoms with E-state index in [4.69, 9.17) is 9.47 Å². The molecule has 138 valence electrons. The minimum atomic E-state index is -0.901. The minimum absolute atomic E-state index is 0.0654. The number of piperidine rings is 1. The van der Waals surface area contributed by atoms with Crippen molar-refractivity contribution in [2.45, 2.75) is 13.0 Å². The van der Waals surface area contributed by atoms with Crippen LogP contribution in [0, 0.1) is 28.8 Å². The van der Waals surface area contributed by atoms with Gasteiger partial charge in [-0.1, -0.05) is 6.07 Å². The highest BCUT2D eigenvalue weighted by molar-refractivity contribution is 5.29. The van der Waals surface area contributed by atoms with Gasteiger partial charge in [-0.15, -0.1) is 0 Å². The summed E-state index contributed by atoms with van der Waals surface area (Å²) in [5.41, 5.74) is 0.969. The zero-order valence-corrected chi connectivity index (χ0v) is 14.5. The second-order valence-electron chi connectivity index (χ2n) is 7.27. The molecule has 1 heterocycles. The number of benzene rings is 2. The summed E-state index contributed by atoms with van der Waals surface area (Å²) in [5, 5.41) is 0. The fourth-order valence-electron chi connectivity index (χ4n) is 3.91. The molecular weight excluding hydrogens is 343 g/mol. The van der Waals surface area contributed by atoms with Crippen molar-refractivity contribution in [1.82, 2.24) is 4.90 Å². The maximum atomic E-state index is 13.8. The zero-order valence-electron chi connectivity index (χ0n) is 14.5. The van der Waals surface area contributed by atoms with Crippen LogP contribution in [0.15, 0.2) is 36.4 Å². The van der Waals surface area contributed by atoms with E-state index in [-0.39, 0.29) is 17.0 Å².